The van der Waals surface area contributed by atoms with Gasteiger partial charge in [-0.2, -0.15) is 0 Å². The minimum absolute atomic E-state index is 0. The van der Waals surface area contributed by atoms with Gasteiger partial charge < -0.3 is 15.4 Å². The van der Waals surface area contributed by atoms with Gasteiger partial charge in [-0.05, 0) is 40.7 Å². The highest BCUT2D eigenvalue weighted by Crippen LogP contribution is 2.39. The molecule has 1 aliphatic heterocycles. The predicted octanol–water partition coefficient (Wildman–Crippen LogP) is 4.78. The van der Waals surface area contributed by atoms with Gasteiger partial charge in [0, 0.05) is 36.4 Å². The van der Waals surface area contributed by atoms with Crippen LogP contribution in [-0.2, 0) is 6.42 Å². The summed E-state index contributed by atoms with van der Waals surface area (Å²) in [5, 5.41) is 8.12. The molecule has 1 aromatic carbocycles. The molecule has 0 fully saturated rings. The number of para-hydroxylation sites is 1. The summed E-state index contributed by atoms with van der Waals surface area (Å²) in [6.45, 7) is 12.1. The Hall–Kier alpha value is -1.35. The standard InChI is InChI=1S/C21H30N4OS.HI/c1-6-22-20(23-12-11-19-14(2)24-15(3)27-19)25-17-13-21(4,5)26-18-10-8-7-9-16(17)18;/h7-10,17H,6,11-13H2,1-5H3,(H2,22,23,25);1H. The lowest BCUT2D eigenvalue weighted by molar-refractivity contribution is 0.0694. The summed E-state index contributed by atoms with van der Waals surface area (Å²) in [7, 11) is 0. The van der Waals surface area contributed by atoms with E-state index in [1.54, 1.807) is 11.3 Å². The van der Waals surface area contributed by atoms with Crippen molar-refractivity contribution in [3.8, 4) is 5.75 Å². The lowest BCUT2D eigenvalue weighted by Crippen LogP contribution is -2.45. The molecule has 0 saturated carbocycles. The third-order valence-electron chi connectivity index (χ3n) is 4.64. The van der Waals surface area contributed by atoms with Crippen LogP contribution in [-0.4, -0.2) is 29.6 Å². The Morgan fingerprint density at radius 3 is 2.75 bits per heavy atom. The molecule has 3 rings (SSSR count). The SMILES string of the molecule is CCNC(=NCCc1sc(C)nc1C)NC1CC(C)(C)Oc2ccccc21.I. The Labute approximate surface area is 189 Å². The van der Waals surface area contributed by atoms with Crippen molar-refractivity contribution < 1.29 is 4.74 Å². The molecule has 28 heavy (non-hydrogen) atoms. The second-order valence-corrected chi connectivity index (χ2v) is 8.84. The van der Waals surface area contributed by atoms with Crippen molar-refractivity contribution in [1.29, 1.82) is 0 Å². The Morgan fingerprint density at radius 1 is 1.32 bits per heavy atom. The molecular weight excluding hydrogens is 483 g/mol. The van der Waals surface area contributed by atoms with E-state index >= 15 is 0 Å². The van der Waals surface area contributed by atoms with Crippen LogP contribution in [0.15, 0.2) is 29.3 Å². The van der Waals surface area contributed by atoms with E-state index in [0.29, 0.717) is 0 Å². The summed E-state index contributed by atoms with van der Waals surface area (Å²) >= 11 is 1.77. The maximum atomic E-state index is 6.14. The van der Waals surface area contributed by atoms with Crippen LogP contribution in [0.5, 0.6) is 5.75 Å². The van der Waals surface area contributed by atoms with Crippen molar-refractivity contribution in [2.24, 2.45) is 4.99 Å². The number of aryl methyl sites for hydroxylation is 2. The average Bonchev–Trinajstić information content (AvgIpc) is 2.91. The van der Waals surface area contributed by atoms with E-state index in [1.165, 1.54) is 10.4 Å². The van der Waals surface area contributed by atoms with E-state index in [-0.39, 0.29) is 35.6 Å². The van der Waals surface area contributed by atoms with Gasteiger partial charge >= 0.3 is 0 Å². The van der Waals surface area contributed by atoms with Crippen molar-refractivity contribution in [3.63, 3.8) is 0 Å². The molecular formula is C21H31IN4OS. The first kappa shape index (κ1) is 22.9. The van der Waals surface area contributed by atoms with E-state index in [0.717, 1.165) is 48.3 Å². The van der Waals surface area contributed by atoms with E-state index in [9.17, 15) is 0 Å². The number of fused-ring (bicyclic) bond motifs is 1. The number of hydrogen-bond acceptors (Lipinski definition) is 4. The molecule has 0 saturated heterocycles. The van der Waals surface area contributed by atoms with Crippen LogP contribution in [0.3, 0.4) is 0 Å². The van der Waals surface area contributed by atoms with E-state index < -0.39 is 0 Å². The Kier molecular flexibility index (Phi) is 8.12. The van der Waals surface area contributed by atoms with Crippen LogP contribution in [0.4, 0.5) is 0 Å². The molecule has 2 heterocycles. The Bertz CT molecular complexity index is 818. The fourth-order valence-corrected chi connectivity index (χ4v) is 4.42. The minimum Gasteiger partial charge on any atom is -0.487 e. The molecule has 5 nitrogen and oxygen atoms in total. The monoisotopic (exact) mass is 514 g/mol. The summed E-state index contributed by atoms with van der Waals surface area (Å²) in [6.07, 6.45) is 1.81. The van der Waals surface area contributed by atoms with Crippen LogP contribution in [0, 0.1) is 13.8 Å². The number of benzene rings is 1. The molecule has 0 radical (unpaired) electrons. The van der Waals surface area contributed by atoms with Crippen molar-refractivity contribution in [2.45, 2.75) is 59.1 Å². The Morgan fingerprint density at radius 2 is 2.07 bits per heavy atom. The molecule has 0 amide bonds. The molecule has 1 atom stereocenters. The number of thiazole rings is 1. The smallest absolute Gasteiger partial charge is 0.191 e. The molecule has 1 aromatic heterocycles. The first-order valence-corrected chi connectivity index (χ1v) is 10.5. The van der Waals surface area contributed by atoms with Crippen molar-refractivity contribution in [1.82, 2.24) is 15.6 Å². The fourth-order valence-electron chi connectivity index (χ4n) is 3.49. The number of hydrogen-bond donors (Lipinski definition) is 2. The molecule has 154 valence electrons. The number of nitrogens with one attached hydrogen (secondary N) is 2. The van der Waals surface area contributed by atoms with Gasteiger partial charge in [0.2, 0.25) is 0 Å². The van der Waals surface area contributed by atoms with Crippen molar-refractivity contribution in [2.75, 3.05) is 13.1 Å². The van der Waals surface area contributed by atoms with Gasteiger partial charge in [0.25, 0.3) is 0 Å². The quantitative estimate of drug-likeness (QED) is 0.343. The molecule has 2 N–H and O–H groups in total. The highest BCUT2D eigenvalue weighted by molar-refractivity contribution is 14.0. The largest absolute Gasteiger partial charge is 0.487 e. The topological polar surface area (TPSA) is 58.5 Å². The molecule has 7 heteroatoms. The number of ether oxygens (including phenoxy) is 1. The molecule has 0 aliphatic carbocycles. The zero-order valence-electron chi connectivity index (χ0n) is 17.3. The number of halogens is 1. The van der Waals surface area contributed by atoms with Gasteiger partial charge in [-0.15, -0.1) is 35.3 Å². The highest BCUT2D eigenvalue weighted by Gasteiger charge is 2.33. The molecule has 2 aromatic rings. The van der Waals surface area contributed by atoms with Crippen LogP contribution in [0.1, 0.15) is 54.4 Å². The lowest BCUT2D eigenvalue weighted by Gasteiger charge is -2.38. The molecule has 1 aliphatic rings. The van der Waals surface area contributed by atoms with Gasteiger partial charge in [-0.3, -0.25) is 4.99 Å². The van der Waals surface area contributed by atoms with Crippen LogP contribution in [0.2, 0.25) is 0 Å². The van der Waals surface area contributed by atoms with Crippen LogP contribution < -0.4 is 15.4 Å². The van der Waals surface area contributed by atoms with Crippen LogP contribution >= 0.6 is 35.3 Å². The third-order valence-corrected chi connectivity index (χ3v) is 5.77. The zero-order chi connectivity index (χ0) is 19.4. The summed E-state index contributed by atoms with van der Waals surface area (Å²) in [6, 6.07) is 8.44. The maximum absolute atomic E-state index is 6.14. The molecule has 1 unspecified atom stereocenters. The Balaban J connectivity index is 0.00000280. The second kappa shape index (κ2) is 9.91. The van der Waals surface area contributed by atoms with Crippen LogP contribution in [0.25, 0.3) is 0 Å². The normalized spacial score (nSPS) is 17.9. The van der Waals surface area contributed by atoms with Gasteiger partial charge in [0.05, 0.1) is 16.7 Å². The maximum Gasteiger partial charge on any atom is 0.191 e. The highest BCUT2D eigenvalue weighted by atomic mass is 127. The number of guanidine groups is 1. The van der Waals surface area contributed by atoms with Gasteiger partial charge in [-0.25, -0.2) is 4.98 Å². The lowest BCUT2D eigenvalue weighted by atomic mass is 9.90. The summed E-state index contributed by atoms with van der Waals surface area (Å²) < 4.78 is 6.14. The van der Waals surface area contributed by atoms with Gasteiger partial charge in [0.15, 0.2) is 5.96 Å². The third kappa shape index (κ3) is 5.83. The fraction of sp³-hybridized carbons (Fsp3) is 0.524. The van der Waals surface area contributed by atoms with Gasteiger partial charge in [0.1, 0.15) is 11.4 Å². The first-order valence-electron chi connectivity index (χ1n) is 9.63. The van der Waals surface area contributed by atoms with E-state index in [4.69, 9.17) is 9.73 Å². The summed E-state index contributed by atoms with van der Waals surface area (Å²) in [5.74, 6) is 1.81. The summed E-state index contributed by atoms with van der Waals surface area (Å²) in [5.41, 5.74) is 2.11. The molecule has 0 bridgehead atoms. The predicted molar refractivity (Wildman–Crippen MR) is 128 cm³/mol. The van der Waals surface area contributed by atoms with Crippen molar-refractivity contribution in [3.05, 3.63) is 45.4 Å². The van der Waals surface area contributed by atoms with E-state index in [2.05, 4.69) is 62.4 Å². The number of rotatable bonds is 5. The minimum atomic E-state index is -0.208. The number of nitrogens with zero attached hydrogens (tertiary/aromatic N) is 2. The molecule has 0 spiro atoms. The van der Waals surface area contributed by atoms with E-state index in [1.807, 2.05) is 12.1 Å². The second-order valence-electron chi connectivity index (χ2n) is 7.55. The van der Waals surface area contributed by atoms with Gasteiger partial charge in [-0.1, -0.05) is 18.2 Å². The summed E-state index contributed by atoms with van der Waals surface area (Å²) in [4.78, 5) is 10.6. The number of aliphatic imine (C=N–C) groups is 1. The first-order chi connectivity index (χ1) is 12.9. The number of aromatic nitrogens is 1. The average molecular weight is 514 g/mol. The van der Waals surface area contributed by atoms with Crippen molar-refractivity contribution >= 4 is 41.3 Å². The zero-order valence-corrected chi connectivity index (χ0v) is 20.5.